The van der Waals surface area contributed by atoms with Gasteiger partial charge in [0.25, 0.3) is 5.91 Å². The third kappa shape index (κ3) is 7.22. The van der Waals surface area contributed by atoms with Gasteiger partial charge in [-0.1, -0.05) is 13.8 Å². The topological polar surface area (TPSA) is 92.6 Å². The second kappa shape index (κ2) is 11.1. The lowest BCUT2D eigenvalue weighted by atomic mass is 9.92. The lowest BCUT2D eigenvalue weighted by Crippen LogP contribution is -2.40. The van der Waals surface area contributed by atoms with Crippen molar-refractivity contribution in [3.63, 3.8) is 0 Å². The molecular formula is C22H28N4O4S. The molecule has 0 radical (unpaired) electrons. The molecule has 2 fully saturated rings. The van der Waals surface area contributed by atoms with Gasteiger partial charge in [0.05, 0.1) is 18.2 Å². The molecule has 2 heterocycles. The Morgan fingerprint density at radius 1 is 1.26 bits per heavy atom. The molecule has 8 nitrogen and oxygen atoms in total. The number of amidine groups is 1. The zero-order valence-electron chi connectivity index (χ0n) is 18.0. The number of nitrogens with zero attached hydrogens (tertiary/aromatic N) is 3. The normalized spacial score (nSPS) is 24.7. The fourth-order valence-electron chi connectivity index (χ4n) is 3.71. The van der Waals surface area contributed by atoms with E-state index in [1.165, 1.54) is 13.5 Å². The summed E-state index contributed by atoms with van der Waals surface area (Å²) in [6.45, 7) is 8.51. The summed E-state index contributed by atoms with van der Waals surface area (Å²) in [5, 5.41) is 10.8. The third-order valence-electron chi connectivity index (χ3n) is 4.96. The zero-order valence-corrected chi connectivity index (χ0v) is 18.9. The van der Waals surface area contributed by atoms with E-state index in [4.69, 9.17) is 4.74 Å². The van der Waals surface area contributed by atoms with Gasteiger partial charge in [0.1, 0.15) is 12.4 Å². The van der Waals surface area contributed by atoms with Crippen LogP contribution in [0, 0.1) is 11.8 Å². The van der Waals surface area contributed by atoms with Gasteiger partial charge in [0.2, 0.25) is 0 Å². The molecule has 2 aliphatic heterocycles. The molecule has 0 aromatic heterocycles. The lowest BCUT2D eigenvalue weighted by molar-refractivity contribution is -0.135. The highest BCUT2D eigenvalue weighted by molar-refractivity contribution is 8.18. The summed E-state index contributed by atoms with van der Waals surface area (Å²) < 4.78 is 10.4. The molecule has 1 aromatic rings. The van der Waals surface area contributed by atoms with Crippen molar-refractivity contribution in [3.8, 4) is 5.75 Å². The molecule has 3 rings (SSSR count). The lowest BCUT2D eigenvalue weighted by Gasteiger charge is -2.34. The number of hydrogen-bond acceptors (Lipinski definition) is 8. The number of benzene rings is 1. The van der Waals surface area contributed by atoms with Crippen LogP contribution in [0.15, 0.2) is 45.4 Å². The Morgan fingerprint density at radius 2 is 1.97 bits per heavy atom. The monoisotopic (exact) mass is 444 g/mol. The smallest absolute Gasteiger partial charge is 0.331 e. The Bertz CT molecular complexity index is 872. The summed E-state index contributed by atoms with van der Waals surface area (Å²) >= 11 is 1.03. The molecule has 1 N–H and O–H groups in total. The first-order valence-electron chi connectivity index (χ1n) is 10.3. The molecule has 2 aliphatic rings. The summed E-state index contributed by atoms with van der Waals surface area (Å²) in [5.74, 6) is 1.32. The Kier molecular flexibility index (Phi) is 8.25. The van der Waals surface area contributed by atoms with Gasteiger partial charge < -0.3 is 9.47 Å². The Morgan fingerprint density at radius 3 is 2.65 bits per heavy atom. The minimum atomic E-state index is -0.593. The van der Waals surface area contributed by atoms with Gasteiger partial charge in [-0.15, -0.1) is 5.10 Å². The molecule has 1 amide bonds. The fraction of sp³-hybridized carbons (Fsp3) is 0.455. The molecule has 1 aromatic carbocycles. The van der Waals surface area contributed by atoms with Crippen molar-refractivity contribution >= 4 is 35.0 Å². The number of likely N-dealkylation sites (tertiary alicyclic amines) is 1. The average molecular weight is 445 g/mol. The van der Waals surface area contributed by atoms with Crippen LogP contribution < -0.4 is 10.1 Å². The molecule has 2 unspecified atom stereocenters. The Balaban J connectivity index is 1.45. The number of methoxy groups -OCH3 is 1. The van der Waals surface area contributed by atoms with Crippen LogP contribution in [0.3, 0.4) is 0 Å². The molecular weight excluding hydrogens is 416 g/mol. The van der Waals surface area contributed by atoms with Crippen LogP contribution in [0.2, 0.25) is 0 Å². The van der Waals surface area contributed by atoms with Gasteiger partial charge in [-0.3, -0.25) is 15.0 Å². The van der Waals surface area contributed by atoms with Gasteiger partial charge in [-0.2, -0.15) is 5.10 Å². The number of carbonyl (C=O) groups is 2. The predicted molar refractivity (Wildman–Crippen MR) is 122 cm³/mol. The van der Waals surface area contributed by atoms with Gasteiger partial charge in [-0.25, -0.2) is 4.79 Å². The quantitative estimate of drug-likeness (QED) is 0.301. The highest BCUT2D eigenvalue weighted by atomic mass is 32.2. The fourth-order valence-corrected chi connectivity index (χ4v) is 4.45. The maximum atomic E-state index is 11.8. The van der Waals surface area contributed by atoms with E-state index in [0.29, 0.717) is 11.8 Å². The second-order valence-electron chi connectivity index (χ2n) is 7.86. The first-order chi connectivity index (χ1) is 14.9. The first kappa shape index (κ1) is 23.0. The second-order valence-corrected chi connectivity index (χ2v) is 8.89. The number of amides is 1. The van der Waals surface area contributed by atoms with Crippen LogP contribution in [0.5, 0.6) is 5.75 Å². The van der Waals surface area contributed by atoms with Crippen molar-refractivity contribution in [3.05, 3.63) is 40.8 Å². The van der Waals surface area contributed by atoms with E-state index in [9.17, 15) is 9.59 Å². The van der Waals surface area contributed by atoms with Gasteiger partial charge in [0, 0.05) is 25.7 Å². The van der Waals surface area contributed by atoms with Crippen LogP contribution >= 0.6 is 11.8 Å². The summed E-state index contributed by atoms with van der Waals surface area (Å²) in [4.78, 5) is 25.7. The van der Waals surface area contributed by atoms with Crippen molar-refractivity contribution in [2.75, 3.05) is 33.4 Å². The molecule has 0 saturated carbocycles. The average Bonchev–Trinajstić information content (AvgIpc) is 3.07. The summed E-state index contributed by atoms with van der Waals surface area (Å²) in [7, 11) is 1.25. The van der Waals surface area contributed by atoms with Crippen molar-refractivity contribution < 1.29 is 19.1 Å². The number of rotatable bonds is 7. The van der Waals surface area contributed by atoms with Crippen LogP contribution in [0.25, 0.3) is 0 Å². The van der Waals surface area contributed by atoms with E-state index in [-0.39, 0.29) is 4.91 Å². The minimum Gasteiger partial charge on any atom is -0.492 e. The summed E-state index contributed by atoms with van der Waals surface area (Å²) in [6, 6.07) is 7.60. The third-order valence-corrected chi connectivity index (χ3v) is 5.86. The molecule has 0 aliphatic carbocycles. The first-order valence-corrected chi connectivity index (χ1v) is 11.1. The van der Waals surface area contributed by atoms with Crippen LogP contribution in [0.1, 0.15) is 25.8 Å². The minimum absolute atomic E-state index is 0.218. The van der Waals surface area contributed by atoms with Crippen molar-refractivity contribution in [1.29, 1.82) is 0 Å². The SMILES string of the molecule is COC(=O)/C=C1/S/C(=N\N=Cc2ccc(OCCN3CC(C)CC(C)C3)cc2)NC1=O. The number of esters is 1. The molecule has 9 heteroatoms. The number of hydrogen-bond donors (Lipinski definition) is 1. The van der Waals surface area contributed by atoms with Gasteiger partial charge >= 0.3 is 5.97 Å². The van der Waals surface area contributed by atoms with Gasteiger partial charge in [-0.05, 0) is 59.8 Å². The van der Waals surface area contributed by atoms with E-state index >= 15 is 0 Å². The van der Waals surface area contributed by atoms with Crippen molar-refractivity contribution in [2.45, 2.75) is 20.3 Å². The molecule has 31 heavy (non-hydrogen) atoms. The standard InChI is InChI=1S/C22H28N4O4S/c1-15-10-16(2)14-26(13-15)8-9-30-18-6-4-17(5-7-18)12-23-25-22-24-21(28)19(31-22)11-20(27)29-3/h4-7,11-12,15-16H,8-10,13-14H2,1-3H3,(H,24,25,28)/b19-11+,23-12?. The van der Waals surface area contributed by atoms with E-state index < -0.39 is 11.9 Å². The van der Waals surface area contributed by atoms with Gasteiger partial charge in [0.15, 0.2) is 5.17 Å². The highest BCUT2D eigenvalue weighted by Gasteiger charge is 2.25. The number of carbonyl (C=O) groups excluding carboxylic acids is 2. The largest absolute Gasteiger partial charge is 0.492 e. The van der Waals surface area contributed by atoms with Crippen LogP contribution in [-0.4, -0.2) is 61.5 Å². The maximum absolute atomic E-state index is 11.8. The van der Waals surface area contributed by atoms with Crippen molar-refractivity contribution in [1.82, 2.24) is 10.2 Å². The van der Waals surface area contributed by atoms with E-state index in [2.05, 4.69) is 39.0 Å². The molecule has 0 bridgehead atoms. The zero-order chi connectivity index (χ0) is 22.2. The van der Waals surface area contributed by atoms with Crippen LogP contribution in [-0.2, 0) is 14.3 Å². The molecule has 0 spiro atoms. The summed E-state index contributed by atoms with van der Waals surface area (Å²) in [6.07, 6.45) is 4.02. The number of thioether (sulfide) groups is 1. The van der Waals surface area contributed by atoms with Crippen LogP contribution in [0.4, 0.5) is 0 Å². The summed E-state index contributed by atoms with van der Waals surface area (Å²) in [5.41, 5.74) is 0.857. The number of piperidine rings is 1. The highest BCUT2D eigenvalue weighted by Crippen LogP contribution is 2.23. The van der Waals surface area contributed by atoms with E-state index in [1.54, 1.807) is 6.21 Å². The Hall–Kier alpha value is -2.65. The number of nitrogens with one attached hydrogen (secondary N) is 1. The molecule has 2 saturated heterocycles. The Labute approximate surface area is 186 Å². The predicted octanol–water partition coefficient (Wildman–Crippen LogP) is 2.65. The molecule has 166 valence electrons. The number of ether oxygens (including phenoxy) is 2. The van der Waals surface area contributed by atoms with E-state index in [1.807, 2.05) is 24.3 Å². The maximum Gasteiger partial charge on any atom is 0.331 e. The van der Waals surface area contributed by atoms with Crippen molar-refractivity contribution in [2.24, 2.45) is 22.0 Å². The van der Waals surface area contributed by atoms with E-state index in [0.717, 1.165) is 60.6 Å². The molecule has 2 atom stereocenters.